The Morgan fingerprint density at radius 2 is 0.862 bits per heavy atom. The van der Waals surface area contributed by atoms with Crippen LogP contribution < -0.4 is 0 Å². The molecular weight excluding hydrogens is 563 g/mol. The normalized spacial score (nSPS) is 9.59. The van der Waals surface area contributed by atoms with Crippen LogP contribution in [0.3, 0.4) is 0 Å². The molecule has 0 aliphatic heterocycles. The van der Waals surface area contributed by atoms with E-state index in [-0.39, 0.29) is 31.9 Å². The molecule has 2 aromatic heterocycles. The molecule has 0 aliphatic carbocycles. The number of hydrogen-bond donors (Lipinski definition) is 2. The summed E-state index contributed by atoms with van der Waals surface area (Å²) < 4.78 is 0. The van der Waals surface area contributed by atoms with Crippen molar-refractivity contribution in [2.75, 3.05) is 0 Å². The molecule has 29 heavy (non-hydrogen) atoms. The van der Waals surface area contributed by atoms with Crippen molar-refractivity contribution in [3.05, 3.63) is 80.4 Å². The summed E-state index contributed by atoms with van der Waals surface area (Å²) in [5.74, 6) is 0. The molecule has 0 unspecified atom stereocenters. The van der Waals surface area contributed by atoms with E-state index < -0.39 is 10.2 Å². The maximum Gasteiger partial charge on any atom is 0.291 e. The minimum atomic E-state index is -1.50. The first kappa shape index (κ1) is 31.1. The van der Waals surface area contributed by atoms with E-state index in [9.17, 15) is 0 Å². The van der Waals surface area contributed by atoms with Crippen LogP contribution in [0.25, 0.3) is 0 Å². The molecule has 2 N–H and O–H groups in total. The number of hydrogen-bond acceptors (Lipinski definition) is 6. The Balaban J connectivity index is -0.000000336. The van der Waals surface area contributed by atoms with Gasteiger partial charge in [-0.3, -0.25) is 9.97 Å². The Kier molecular flexibility index (Phi) is 16.4. The molecule has 0 amide bonds. The van der Waals surface area contributed by atoms with Crippen LogP contribution in [0.4, 0.5) is 0 Å². The zero-order valence-corrected chi connectivity index (χ0v) is 19.5. The second kappa shape index (κ2) is 15.3. The van der Waals surface area contributed by atoms with Gasteiger partial charge in [0.1, 0.15) is 0 Å². The summed E-state index contributed by atoms with van der Waals surface area (Å²) in [6.07, 6.45) is 7.34. The molecule has 0 saturated carbocycles. The van der Waals surface area contributed by atoms with Gasteiger partial charge in [0.15, 0.2) is 0 Å². The van der Waals surface area contributed by atoms with Gasteiger partial charge in [0.05, 0.1) is 0 Å². The Hall–Kier alpha value is -2.61. The third-order valence-electron chi connectivity index (χ3n) is 3.09. The predicted octanol–water partition coefficient (Wildman–Crippen LogP) is 4.06. The number of rotatable bonds is 0. The molecule has 2 aromatic rings. The van der Waals surface area contributed by atoms with Crippen LogP contribution in [-0.4, -0.2) is 30.6 Å². The number of aromatic nitrogens is 2. The van der Waals surface area contributed by atoms with Crippen molar-refractivity contribution in [1.82, 2.24) is 9.97 Å². The molecule has 0 atom stereocenters. The maximum absolute atomic E-state index is 8.36. The minimum Gasteiger partial charge on any atom is -0.328 e. The van der Waals surface area contributed by atoms with Gasteiger partial charge >= 0.3 is 0 Å². The van der Waals surface area contributed by atoms with Gasteiger partial charge in [-0.1, -0.05) is 41.5 Å². The molecular formula is C18H28N4O6Pt. The van der Waals surface area contributed by atoms with E-state index in [0.29, 0.717) is 0 Å². The molecule has 0 fully saturated rings. The van der Waals surface area contributed by atoms with Gasteiger partial charge in [0.25, 0.3) is 10.2 Å². The fourth-order valence-electron chi connectivity index (χ4n) is 1.70. The maximum atomic E-state index is 8.36. The SMILES string of the molecule is CC(C)(C)c1ccncc1.CC(C)(C)c1ccncc1.O=[N+]([O-])O.O=[N+]([O-])O.[Pt]. The predicted molar refractivity (Wildman–Crippen MR) is 103 cm³/mol. The molecule has 0 spiro atoms. The summed E-state index contributed by atoms with van der Waals surface area (Å²) in [6, 6.07) is 8.22. The molecule has 2 heterocycles. The zero-order valence-electron chi connectivity index (χ0n) is 17.3. The van der Waals surface area contributed by atoms with Gasteiger partial charge in [0, 0.05) is 45.9 Å². The van der Waals surface area contributed by atoms with Crippen molar-refractivity contribution in [2.45, 2.75) is 52.4 Å². The summed E-state index contributed by atoms with van der Waals surface area (Å²) in [7, 11) is 0. The number of nitrogens with zero attached hydrogens (tertiary/aromatic N) is 4. The second-order valence-electron chi connectivity index (χ2n) is 7.45. The van der Waals surface area contributed by atoms with Gasteiger partial charge in [-0.05, 0) is 46.2 Å². The van der Waals surface area contributed by atoms with Crippen molar-refractivity contribution < 1.29 is 41.7 Å². The summed E-state index contributed by atoms with van der Waals surface area (Å²) in [5.41, 5.74) is 3.18. The van der Waals surface area contributed by atoms with Gasteiger partial charge in [-0.2, -0.15) is 0 Å². The molecule has 0 radical (unpaired) electrons. The summed E-state index contributed by atoms with van der Waals surface area (Å²) >= 11 is 0. The zero-order chi connectivity index (χ0) is 22.4. The smallest absolute Gasteiger partial charge is 0.291 e. The van der Waals surface area contributed by atoms with Crippen LogP contribution in [0.5, 0.6) is 0 Å². The first-order chi connectivity index (χ1) is 12.7. The van der Waals surface area contributed by atoms with Gasteiger partial charge in [-0.15, -0.1) is 20.2 Å². The fraction of sp³-hybridized carbons (Fsp3) is 0.444. The average molecular weight is 592 g/mol. The number of pyridine rings is 2. The molecule has 0 saturated heterocycles. The van der Waals surface area contributed by atoms with Crippen molar-refractivity contribution in [2.24, 2.45) is 0 Å². The summed E-state index contributed by atoms with van der Waals surface area (Å²) in [6.45, 7) is 13.2. The van der Waals surface area contributed by atoms with Crippen molar-refractivity contribution in [3.8, 4) is 0 Å². The van der Waals surface area contributed by atoms with Gasteiger partial charge in [0.2, 0.25) is 0 Å². The van der Waals surface area contributed by atoms with Crippen LogP contribution >= 0.6 is 0 Å². The van der Waals surface area contributed by atoms with E-state index in [0.717, 1.165) is 0 Å². The average Bonchev–Trinajstić information content (AvgIpc) is 2.54. The van der Waals surface area contributed by atoms with Crippen LogP contribution in [0.2, 0.25) is 0 Å². The largest absolute Gasteiger partial charge is 0.328 e. The molecule has 0 bridgehead atoms. The van der Waals surface area contributed by atoms with E-state index in [4.69, 9.17) is 30.6 Å². The third kappa shape index (κ3) is 21.5. The monoisotopic (exact) mass is 591 g/mol. The molecule has 2 rings (SSSR count). The van der Waals surface area contributed by atoms with Crippen molar-refractivity contribution >= 4 is 0 Å². The van der Waals surface area contributed by atoms with E-state index in [1.54, 1.807) is 0 Å². The third-order valence-corrected chi connectivity index (χ3v) is 3.09. The Morgan fingerprint density at radius 1 is 0.690 bits per heavy atom. The van der Waals surface area contributed by atoms with Crippen LogP contribution in [0.15, 0.2) is 49.1 Å². The van der Waals surface area contributed by atoms with E-state index in [1.165, 1.54) is 11.1 Å². The summed E-state index contributed by atoms with van der Waals surface area (Å²) in [5, 5.41) is 27.3. The fourth-order valence-corrected chi connectivity index (χ4v) is 1.70. The first-order valence-corrected chi connectivity index (χ1v) is 8.15. The van der Waals surface area contributed by atoms with Crippen LogP contribution in [0.1, 0.15) is 52.7 Å². The van der Waals surface area contributed by atoms with Gasteiger partial charge in [-0.25, -0.2) is 0 Å². The summed E-state index contributed by atoms with van der Waals surface area (Å²) in [4.78, 5) is 24.6. The van der Waals surface area contributed by atoms with Crippen LogP contribution in [0, 0.1) is 20.2 Å². The Labute approximate surface area is 184 Å². The van der Waals surface area contributed by atoms with Crippen LogP contribution in [-0.2, 0) is 31.9 Å². The minimum absolute atomic E-state index is 0. The van der Waals surface area contributed by atoms with E-state index in [2.05, 4.69) is 75.8 Å². The topological polar surface area (TPSA) is 153 Å². The van der Waals surface area contributed by atoms with Crippen molar-refractivity contribution in [1.29, 1.82) is 0 Å². The molecule has 166 valence electrons. The standard InChI is InChI=1S/2C9H13N.2HNO3.Pt/c2*1-9(2,3)8-4-6-10-7-5-8;2*2-1(3)4;/h2*4-7H,1-3H3;2*(H,2,3,4);. The Morgan fingerprint density at radius 3 is 0.966 bits per heavy atom. The second-order valence-corrected chi connectivity index (χ2v) is 7.45. The first-order valence-electron chi connectivity index (χ1n) is 8.15. The quantitative estimate of drug-likeness (QED) is 0.344. The molecule has 0 aliphatic rings. The van der Waals surface area contributed by atoms with E-state index in [1.807, 2.05) is 24.8 Å². The van der Waals surface area contributed by atoms with E-state index >= 15 is 0 Å². The molecule has 0 aromatic carbocycles. The Bertz CT molecular complexity index is 619. The van der Waals surface area contributed by atoms with Gasteiger partial charge < -0.3 is 10.4 Å². The van der Waals surface area contributed by atoms with Crippen molar-refractivity contribution in [3.63, 3.8) is 0 Å². The molecule has 10 nitrogen and oxygen atoms in total. The molecule has 11 heteroatoms.